The first-order valence-electron chi connectivity index (χ1n) is 5.76. The summed E-state index contributed by atoms with van der Waals surface area (Å²) in [5.74, 6) is -0.986. The third kappa shape index (κ3) is 4.20. The van der Waals surface area contributed by atoms with Crippen molar-refractivity contribution in [1.82, 2.24) is 15.0 Å². The average Bonchev–Trinajstić information content (AvgIpc) is 2.83. The molecule has 2 aromatic rings. The minimum atomic E-state index is -4.40. The minimum absolute atomic E-state index is 0.0518. The molecule has 1 N–H and O–H groups in total. The quantitative estimate of drug-likeness (QED) is 0.911. The van der Waals surface area contributed by atoms with Crippen LogP contribution in [-0.2, 0) is 11.2 Å². The second-order valence-corrected chi connectivity index (χ2v) is 4.11. The molecule has 0 saturated heterocycles. The van der Waals surface area contributed by atoms with Gasteiger partial charge in [-0.3, -0.25) is 4.79 Å². The Labute approximate surface area is 116 Å². The van der Waals surface area contributed by atoms with Crippen LogP contribution in [0, 0.1) is 0 Å². The summed E-state index contributed by atoms with van der Waals surface area (Å²) in [5.41, 5.74) is 0.828. The summed E-state index contributed by atoms with van der Waals surface area (Å²) in [7, 11) is 0. The van der Waals surface area contributed by atoms with Crippen LogP contribution in [0.4, 0.5) is 13.2 Å². The van der Waals surface area contributed by atoms with Crippen molar-refractivity contribution in [1.29, 1.82) is 0 Å². The van der Waals surface area contributed by atoms with Gasteiger partial charge in [0.1, 0.15) is 5.75 Å². The number of carbonyl (C=O) groups is 1. The molecular formula is C12H10F3N3O3. The molecule has 0 amide bonds. The van der Waals surface area contributed by atoms with E-state index >= 15 is 0 Å². The zero-order valence-corrected chi connectivity index (χ0v) is 10.5. The van der Waals surface area contributed by atoms with Crippen LogP contribution in [0.25, 0.3) is 5.69 Å². The highest BCUT2D eigenvalue weighted by atomic mass is 19.4. The molecule has 0 fully saturated rings. The maximum absolute atomic E-state index is 12.0. The summed E-state index contributed by atoms with van der Waals surface area (Å²) in [5, 5.41) is 16.1. The number of hydrogen-bond acceptors (Lipinski definition) is 4. The van der Waals surface area contributed by atoms with E-state index in [-0.39, 0.29) is 12.2 Å². The Kier molecular flexibility index (Phi) is 4.10. The van der Waals surface area contributed by atoms with E-state index in [2.05, 4.69) is 15.0 Å². The number of rotatable bonds is 5. The topological polar surface area (TPSA) is 77.2 Å². The van der Waals surface area contributed by atoms with Crippen LogP contribution in [0.2, 0.25) is 0 Å². The normalized spacial score (nSPS) is 11.4. The van der Waals surface area contributed by atoms with Gasteiger partial charge in [0.2, 0.25) is 0 Å². The number of carboxylic acids is 1. The zero-order chi connectivity index (χ0) is 15.5. The first-order valence-corrected chi connectivity index (χ1v) is 5.76. The fraction of sp³-hybridized carbons (Fsp3) is 0.250. The molecule has 2 rings (SSSR count). The first-order chi connectivity index (χ1) is 9.85. The molecule has 0 atom stereocenters. The third-order valence-corrected chi connectivity index (χ3v) is 2.44. The second kappa shape index (κ2) is 5.81. The molecule has 0 unspecified atom stereocenters. The average molecular weight is 301 g/mol. The monoisotopic (exact) mass is 301 g/mol. The highest BCUT2D eigenvalue weighted by molar-refractivity contribution is 5.69. The van der Waals surface area contributed by atoms with Gasteiger partial charge >= 0.3 is 12.1 Å². The van der Waals surface area contributed by atoms with Gasteiger partial charge in [-0.2, -0.15) is 13.2 Å². The number of carboxylic acid groups (broad SMARTS) is 1. The van der Waals surface area contributed by atoms with E-state index in [0.29, 0.717) is 11.4 Å². The fourth-order valence-electron chi connectivity index (χ4n) is 1.60. The lowest BCUT2D eigenvalue weighted by Crippen LogP contribution is -2.19. The Morgan fingerprint density at radius 2 is 1.95 bits per heavy atom. The Hall–Kier alpha value is -2.58. The molecule has 1 heterocycles. The first kappa shape index (κ1) is 14.8. The van der Waals surface area contributed by atoms with Crippen molar-refractivity contribution in [2.45, 2.75) is 12.6 Å². The minimum Gasteiger partial charge on any atom is -0.484 e. The Bertz CT molecular complexity index is 623. The van der Waals surface area contributed by atoms with Crippen molar-refractivity contribution in [2.24, 2.45) is 0 Å². The van der Waals surface area contributed by atoms with E-state index in [1.807, 2.05) is 0 Å². The van der Waals surface area contributed by atoms with Crippen molar-refractivity contribution < 1.29 is 27.8 Å². The summed E-state index contributed by atoms with van der Waals surface area (Å²) < 4.78 is 41.9. The number of halogens is 3. The van der Waals surface area contributed by atoms with Gasteiger partial charge in [0.15, 0.2) is 6.61 Å². The van der Waals surface area contributed by atoms with Crippen LogP contribution in [0.5, 0.6) is 5.75 Å². The maximum Gasteiger partial charge on any atom is 0.422 e. The van der Waals surface area contributed by atoms with E-state index in [9.17, 15) is 18.0 Å². The Morgan fingerprint density at radius 3 is 2.52 bits per heavy atom. The van der Waals surface area contributed by atoms with Crippen LogP contribution in [0.1, 0.15) is 5.69 Å². The summed E-state index contributed by atoms with van der Waals surface area (Å²) in [6, 6.07) is 5.61. The number of aliphatic carboxylic acids is 1. The predicted molar refractivity (Wildman–Crippen MR) is 64.2 cm³/mol. The summed E-state index contributed by atoms with van der Waals surface area (Å²) in [6.07, 6.45) is -3.36. The van der Waals surface area contributed by atoms with Gasteiger partial charge in [-0.1, -0.05) is 5.21 Å². The third-order valence-electron chi connectivity index (χ3n) is 2.44. The zero-order valence-electron chi connectivity index (χ0n) is 10.5. The van der Waals surface area contributed by atoms with Crippen LogP contribution in [0.3, 0.4) is 0 Å². The van der Waals surface area contributed by atoms with Crippen LogP contribution < -0.4 is 4.74 Å². The molecule has 1 aromatic heterocycles. The molecule has 0 aliphatic heterocycles. The molecule has 21 heavy (non-hydrogen) atoms. The van der Waals surface area contributed by atoms with Crippen molar-refractivity contribution in [2.75, 3.05) is 6.61 Å². The number of aromatic nitrogens is 3. The van der Waals surface area contributed by atoms with Crippen molar-refractivity contribution in [3.8, 4) is 11.4 Å². The van der Waals surface area contributed by atoms with Crippen LogP contribution in [0.15, 0.2) is 30.5 Å². The predicted octanol–water partition coefficient (Wildman–Crippen LogP) is 1.84. The Morgan fingerprint density at radius 1 is 1.29 bits per heavy atom. The van der Waals surface area contributed by atoms with Crippen molar-refractivity contribution in [3.63, 3.8) is 0 Å². The van der Waals surface area contributed by atoms with Gasteiger partial charge in [0.25, 0.3) is 0 Å². The van der Waals surface area contributed by atoms with Gasteiger partial charge in [-0.05, 0) is 24.3 Å². The second-order valence-electron chi connectivity index (χ2n) is 4.11. The number of benzene rings is 1. The lowest BCUT2D eigenvalue weighted by atomic mass is 10.2. The highest BCUT2D eigenvalue weighted by Crippen LogP contribution is 2.20. The number of ether oxygens (including phenoxy) is 1. The molecule has 0 radical (unpaired) electrons. The van der Waals surface area contributed by atoms with Gasteiger partial charge < -0.3 is 9.84 Å². The SMILES string of the molecule is O=C(O)Cc1cnnn1-c1ccc(OCC(F)(F)F)cc1. The molecule has 0 bridgehead atoms. The molecule has 1 aromatic carbocycles. The summed E-state index contributed by atoms with van der Waals surface area (Å²) in [6.45, 7) is -1.38. The number of hydrogen-bond donors (Lipinski definition) is 1. The molecule has 0 aliphatic carbocycles. The van der Waals surface area contributed by atoms with Gasteiger partial charge in [0, 0.05) is 0 Å². The molecular weight excluding hydrogens is 291 g/mol. The van der Waals surface area contributed by atoms with Crippen LogP contribution in [-0.4, -0.2) is 38.9 Å². The number of alkyl halides is 3. The van der Waals surface area contributed by atoms with Crippen LogP contribution >= 0.6 is 0 Å². The van der Waals surface area contributed by atoms with Gasteiger partial charge in [0.05, 0.1) is 24.0 Å². The lowest BCUT2D eigenvalue weighted by molar-refractivity contribution is -0.153. The van der Waals surface area contributed by atoms with E-state index in [0.717, 1.165) is 0 Å². The lowest BCUT2D eigenvalue weighted by Gasteiger charge is -2.10. The van der Waals surface area contributed by atoms with E-state index in [1.165, 1.54) is 35.1 Å². The standard InChI is InChI=1S/C12H10F3N3O3/c13-12(14,15)7-21-10-3-1-8(2-4-10)18-9(5-11(19)20)6-16-17-18/h1-4,6H,5,7H2,(H,19,20). The molecule has 9 heteroatoms. The molecule has 6 nitrogen and oxygen atoms in total. The summed E-state index contributed by atoms with van der Waals surface area (Å²) in [4.78, 5) is 10.7. The summed E-state index contributed by atoms with van der Waals surface area (Å²) >= 11 is 0. The van der Waals surface area contributed by atoms with E-state index in [4.69, 9.17) is 5.11 Å². The largest absolute Gasteiger partial charge is 0.484 e. The molecule has 0 aliphatic rings. The Balaban J connectivity index is 2.12. The van der Waals surface area contributed by atoms with Crippen molar-refractivity contribution >= 4 is 5.97 Å². The van der Waals surface area contributed by atoms with Gasteiger partial charge in [-0.15, -0.1) is 5.10 Å². The molecule has 0 spiro atoms. The fourth-order valence-corrected chi connectivity index (χ4v) is 1.60. The molecule has 112 valence electrons. The smallest absolute Gasteiger partial charge is 0.422 e. The highest BCUT2D eigenvalue weighted by Gasteiger charge is 2.28. The molecule has 0 saturated carbocycles. The van der Waals surface area contributed by atoms with E-state index in [1.54, 1.807) is 0 Å². The number of nitrogens with zero attached hydrogens (tertiary/aromatic N) is 3. The maximum atomic E-state index is 12.0. The van der Waals surface area contributed by atoms with Gasteiger partial charge in [-0.25, -0.2) is 4.68 Å². The van der Waals surface area contributed by atoms with E-state index < -0.39 is 18.8 Å². The van der Waals surface area contributed by atoms with Crippen molar-refractivity contribution in [3.05, 3.63) is 36.2 Å².